The predicted molar refractivity (Wildman–Crippen MR) is 76.2 cm³/mol. The van der Waals surface area contributed by atoms with Gasteiger partial charge in [-0.1, -0.05) is 12.1 Å². The van der Waals surface area contributed by atoms with Gasteiger partial charge in [-0.25, -0.2) is 9.59 Å². The molecule has 6 nitrogen and oxygen atoms in total. The van der Waals surface area contributed by atoms with Crippen LogP contribution >= 0.6 is 0 Å². The highest BCUT2D eigenvalue weighted by Gasteiger charge is 2.34. The molecule has 0 atom stereocenters. The van der Waals surface area contributed by atoms with E-state index in [-0.39, 0.29) is 24.8 Å². The lowest BCUT2D eigenvalue weighted by Crippen LogP contribution is -2.47. The molecule has 1 aromatic carbocycles. The number of rotatable bonds is 2. The number of halogens is 3. The molecule has 3 N–H and O–H groups in total. The average molecular weight is 331 g/mol. The number of nitrogens with zero attached hydrogens (tertiary/aromatic N) is 1. The minimum absolute atomic E-state index is 0.251. The van der Waals surface area contributed by atoms with Gasteiger partial charge in [-0.05, 0) is 25.0 Å². The number of likely N-dealkylation sites (tertiary alicyclic amines) is 1. The zero-order valence-corrected chi connectivity index (χ0v) is 12.1. The number of piperidine rings is 1. The van der Waals surface area contributed by atoms with E-state index < -0.39 is 23.9 Å². The van der Waals surface area contributed by atoms with Gasteiger partial charge in [0, 0.05) is 19.1 Å². The van der Waals surface area contributed by atoms with Crippen molar-refractivity contribution in [2.24, 2.45) is 0 Å². The number of benzene rings is 1. The van der Waals surface area contributed by atoms with Crippen LogP contribution in [-0.2, 0) is 6.18 Å². The van der Waals surface area contributed by atoms with Crippen LogP contribution in [0.1, 0.15) is 18.4 Å². The molecule has 1 heterocycles. The Morgan fingerprint density at radius 3 is 2.35 bits per heavy atom. The number of urea groups is 1. The highest BCUT2D eigenvalue weighted by Crippen LogP contribution is 2.34. The second-order valence-electron chi connectivity index (χ2n) is 5.18. The van der Waals surface area contributed by atoms with Crippen molar-refractivity contribution in [3.63, 3.8) is 0 Å². The smallest absolute Gasteiger partial charge is 0.418 e. The standard InChI is InChI=1S/C14H16F3N3O3/c15-14(16,17)10-3-1-2-4-11(10)19-12(21)20-7-5-9(6-8-20)18-13(22)23/h1-4,9,18H,5-8H2,(H,19,21)(H,22,23). The van der Waals surface area contributed by atoms with Crippen molar-refractivity contribution in [3.05, 3.63) is 29.8 Å². The van der Waals surface area contributed by atoms with E-state index in [9.17, 15) is 22.8 Å². The first kappa shape index (κ1) is 16.9. The predicted octanol–water partition coefficient (Wildman–Crippen LogP) is 2.97. The summed E-state index contributed by atoms with van der Waals surface area (Å²) in [6.45, 7) is 0.538. The van der Waals surface area contributed by atoms with Crippen LogP contribution in [0.15, 0.2) is 24.3 Å². The van der Waals surface area contributed by atoms with Gasteiger partial charge in [0.2, 0.25) is 0 Å². The quantitative estimate of drug-likeness (QED) is 0.779. The van der Waals surface area contributed by atoms with Gasteiger partial charge in [0.25, 0.3) is 0 Å². The molecular weight excluding hydrogens is 315 g/mol. The molecule has 0 unspecified atom stereocenters. The third-order valence-electron chi connectivity index (χ3n) is 3.58. The summed E-state index contributed by atoms with van der Waals surface area (Å²) >= 11 is 0. The van der Waals surface area contributed by atoms with Crippen LogP contribution in [0.5, 0.6) is 0 Å². The van der Waals surface area contributed by atoms with Gasteiger partial charge in [0.15, 0.2) is 0 Å². The molecule has 2 rings (SSSR count). The summed E-state index contributed by atoms with van der Waals surface area (Å²) in [5, 5.41) is 13.2. The molecule has 0 spiro atoms. The monoisotopic (exact) mass is 331 g/mol. The molecule has 0 bridgehead atoms. The van der Waals surface area contributed by atoms with E-state index in [1.807, 2.05) is 0 Å². The topological polar surface area (TPSA) is 81.7 Å². The van der Waals surface area contributed by atoms with Crippen molar-refractivity contribution < 1.29 is 27.9 Å². The maximum absolute atomic E-state index is 12.9. The van der Waals surface area contributed by atoms with Crippen molar-refractivity contribution in [1.82, 2.24) is 10.2 Å². The van der Waals surface area contributed by atoms with Crippen LogP contribution in [-0.4, -0.2) is 41.3 Å². The van der Waals surface area contributed by atoms with Gasteiger partial charge in [-0.2, -0.15) is 13.2 Å². The van der Waals surface area contributed by atoms with Gasteiger partial charge in [0.05, 0.1) is 11.3 Å². The fourth-order valence-corrected chi connectivity index (χ4v) is 2.44. The number of para-hydroxylation sites is 1. The second-order valence-corrected chi connectivity index (χ2v) is 5.18. The maximum atomic E-state index is 12.9. The molecule has 1 aromatic rings. The van der Waals surface area contributed by atoms with Crippen LogP contribution < -0.4 is 10.6 Å². The molecule has 9 heteroatoms. The summed E-state index contributed by atoms with van der Waals surface area (Å²) in [5.41, 5.74) is -1.20. The van der Waals surface area contributed by atoms with Crippen molar-refractivity contribution in [2.75, 3.05) is 18.4 Å². The van der Waals surface area contributed by atoms with Crippen LogP contribution in [0.4, 0.5) is 28.4 Å². The maximum Gasteiger partial charge on any atom is 0.418 e. The summed E-state index contributed by atoms with van der Waals surface area (Å²) < 4.78 is 38.7. The average Bonchev–Trinajstić information content (AvgIpc) is 2.46. The van der Waals surface area contributed by atoms with Gasteiger partial charge in [0.1, 0.15) is 0 Å². The Morgan fingerprint density at radius 1 is 1.17 bits per heavy atom. The fourth-order valence-electron chi connectivity index (χ4n) is 2.44. The van der Waals surface area contributed by atoms with Crippen molar-refractivity contribution in [1.29, 1.82) is 0 Å². The van der Waals surface area contributed by atoms with Crippen LogP contribution in [0.3, 0.4) is 0 Å². The third kappa shape index (κ3) is 4.51. The normalized spacial score (nSPS) is 16.0. The fraction of sp³-hybridized carbons (Fsp3) is 0.429. The van der Waals surface area contributed by atoms with Gasteiger partial charge in [-0.15, -0.1) is 0 Å². The van der Waals surface area contributed by atoms with E-state index in [1.54, 1.807) is 0 Å². The first-order valence-corrected chi connectivity index (χ1v) is 6.99. The largest absolute Gasteiger partial charge is 0.465 e. The molecule has 1 saturated heterocycles. The Hall–Kier alpha value is -2.45. The zero-order valence-electron chi connectivity index (χ0n) is 12.1. The molecule has 0 radical (unpaired) electrons. The molecule has 1 aliphatic rings. The first-order valence-electron chi connectivity index (χ1n) is 6.99. The highest BCUT2D eigenvalue weighted by molar-refractivity contribution is 5.90. The number of amides is 3. The molecule has 1 aliphatic heterocycles. The number of nitrogens with one attached hydrogen (secondary N) is 2. The van der Waals surface area contributed by atoms with E-state index in [0.29, 0.717) is 12.8 Å². The SMILES string of the molecule is O=C(O)NC1CCN(C(=O)Nc2ccccc2C(F)(F)F)CC1. The number of carboxylic acid groups (broad SMARTS) is 1. The lowest BCUT2D eigenvalue weighted by Gasteiger charge is -2.32. The lowest BCUT2D eigenvalue weighted by atomic mass is 10.1. The molecule has 0 aliphatic carbocycles. The molecule has 23 heavy (non-hydrogen) atoms. The van der Waals surface area contributed by atoms with Crippen molar-refractivity contribution in [3.8, 4) is 0 Å². The number of alkyl halides is 3. The van der Waals surface area contributed by atoms with Gasteiger partial charge in [-0.3, -0.25) is 0 Å². The number of hydrogen-bond donors (Lipinski definition) is 3. The third-order valence-corrected chi connectivity index (χ3v) is 3.58. The van der Waals surface area contributed by atoms with Gasteiger partial charge < -0.3 is 20.6 Å². The summed E-state index contributed by atoms with van der Waals surface area (Å²) in [7, 11) is 0. The number of carbonyl (C=O) groups excluding carboxylic acids is 1. The molecule has 0 aromatic heterocycles. The summed E-state index contributed by atoms with van der Waals surface area (Å²) in [5.74, 6) is 0. The van der Waals surface area contributed by atoms with E-state index in [4.69, 9.17) is 5.11 Å². The van der Waals surface area contributed by atoms with E-state index >= 15 is 0 Å². The Labute approximate surface area is 130 Å². The summed E-state index contributed by atoms with van der Waals surface area (Å²) in [6, 6.07) is 3.88. The minimum Gasteiger partial charge on any atom is -0.465 e. The number of carbonyl (C=O) groups is 2. The van der Waals surface area contributed by atoms with E-state index in [0.717, 1.165) is 6.07 Å². The molecule has 1 fully saturated rings. The lowest BCUT2D eigenvalue weighted by molar-refractivity contribution is -0.136. The highest BCUT2D eigenvalue weighted by atomic mass is 19.4. The Morgan fingerprint density at radius 2 is 1.78 bits per heavy atom. The van der Waals surface area contributed by atoms with Crippen molar-refractivity contribution >= 4 is 17.8 Å². The van der Waals surface area contributed by atoms with Crippen LogP contribution in [0.2, 0.25) is 0 Å². The number of anilines is 1. The number of hydrogen-bond acceptors (Lipinski definition) is 2. The van der Waals surface area contributed by atoms with E-state index in [1.165, 1.54) is 23.1 Å². The van der Waals surface area contributed by atoms with Crippen LogP contribution in [0.25, 0.3) is 0 Å². The summed E-state index contributed by atoms with van der Waals surface area (Å²) in [4.78, 5) is 24.0. The second kappa shape index (κ2) is 6.76. The van der Waals surface area contributed by atoms with Crippen LogP contribution in [0, 0.1) is 0 Å². The molecule has 0 saturated carbocycles. The van der Waals surface area contributed by atoms with Crippen molar-refractivity contribution in [2.45, 2.75) is 25.1 Å². The van der Waals surface area contributed by atoms with Gasteiger partial charge >= 0.3 is 18.3 Å². The summed E-state index contributed by atoms with van der Waals surface area (Å²) in [6.07, 6.45) is -4.85. The minimum atomic E-state index is -4.55. The molecular formula is C14H16F3N3O3. The Kier molecular flexibility index (Phi) is 4.97. The Bertz CT molecular complexity index is 584. The van der Waals surface area contributed by atoms with E-state index in [2.05, 4.69) is 10.6 Å². The molecule has 3 amide bonds. The molecule has 126 valence electrons. The zero-order chi connectivity index (χ0) is 17.0. The Balaban J connectivity index is 1.98. The first-order chi connectivity index (χ1) is 10.8.